The lowest BCUT2D eigenvalue weighted by molar-refractivity contribution is -0.134. The fraction of sp³-hybridized carbons (Fsp3) is 0.680. The van der Waals surface area contributed by atoms with Gasteiger partial charge >= 0.3 is 0 Å². The topological polar surface area (TPSA) is 66.8 Å². The van der Waals surface area contributed by atoms with Crippen LogP contribution < -0.4 is 5.32 Å². The van der Waals surface area contributed by atoms with E-state index in [2.05, 4.69) is 26.2 Å². The molecule has 0 spiro atoms. The van der Waals surface area contributed by atoms with Gasteiger partial charge in [0.1, 0.15) is 11.2 Å². The summed E-state index contributed by atoms with van der Waals surface area (Å²) in [5.74, 6) is -0.0423. The van der Waals surface area contributed by atoms with Crippen molar-refractivity contribution in [1.82, 2.24) is 19.7 Å². The highest BCUT2D eigenvalue weighted by Gasteiger charge is 2.48. The number of hydrogen-bond donors (Lipinski definition) is 1. The van der Waals surface area contributed by atoms with Crippen molar-refractivity contribution in [2.45, 2.75) is 70.0 Å². The second kappa shape index (κ2) is 9.76. The van der Waals surface area contributed by atoms with Gasteiger partial charge in [-0.1, -0.05) is 32.1 Å². The van der Waals surface area contributed by atoms with Crippen LogP contribution in [-0.4, -0.2) is 77.2 Å². The van der Waals surface area contributed by atoms with Gasteiger partial charge in [0.15, 0.2) is 0 Å². The van der Waals surface area contributed by atoms with Crippen molar-refractivity contribution in [3.8, 4) is 0 Å². The Balaban J connectivity index is 1.40. The first-order valence-corrected chi connectivity index (χ1v) is 13.4. The number of nitrogens with zero attached hydrogens (tertiary/aromatic N) is 3. The Hall–Kier alpha value is -1.90. The predicted octanol–water partition coefficient (Wildman–Crippen LogP) is 3.48. The molecule has 4 heterocycles. The van der Waals surface area contributed by atoms with Crippen molar-refractivity contribution in [3.63, 3.8) is 0 Å². The van der Waals surface area contributed by atoms with E-state index in [1.807, 2.05) is 17.9 Å². The number of hydrogen-bond acceptors (Lipinski definition) is 5. The zero-order chi connectivity index (χ0) is 22.8. The Morgan fingerprint density at radius 1 is 1.15 bits per heavy atom. The average Bonchev–Trinajstić information content (AvgIpc) is 3.38. The molecule has 5 rings (SSSR count). The van der Waals surface area contributed by atoms with Crippen LogP contribution in [0.4, 0.5) is 0 Å². The first-order valence-electron chi connectivity index (χ1n) is 12.6. The molecule has 1 saturated carbocycles. The normalized spacial score (nSPS) is 25.6. The van der Waals surface area contributed by atoms with Crippen molar-refractivity contribution in [2.75, 3.05) is 39.4 Å². The van der Waals surface area contributed by atoms with E-state index in [-0.39, 0.29) is 17.9 Å². The van der Waals surface area contributed by atoms with Crippen LogP contribution in [0.3, 0.4) is 0 Å². The van der Waals surface area contributed by atoms with Crippen LogP contribution in [0.25, 0.3) is 10.2 Å². The average molecular weight is 473 g/mol. The summed E-state index contributed by atoms with van der Waals surface area (Å²) >= 11 is 1.65. The molecule has 2 aliphatic heterocycles. The van der Waals surface area contributed by atoms with Gasteiger partial charge in [-0.15, -0.1) is 11.3 Å². The molecular weight excluding hydrogens is 436 g/mol. The van der Waals surface area contributed by atoms with E-state index in [1.165, 1.54) is 32.1 Å². The zero-order valence-electron chi connectivity index (χ0n) is 19.7. The van der Waals surface area contributed by atoms with Crippen molar-refractivity contribution >= 4 is 33.4 Å². The molecule has 2 aromatic rings. The molecule has 2 fully saturated rings. The Bertz CT molecular complexity index is 987. The molecule has 1 N–H and O–H groups in total. The summed E-state index contributed by atoms with van der Waals surface area (Å²) in [5.41, 5.74) is 0.850. The molecular formula is C25H36N4O3S. The molecule has 1 aliphatic carbocycles. The number of fused-ring (bicyclic) bond motifs is 3. The quantitative estimate of drug-likeness (QED) is 0.724. The van der Waals surface area contributed by atoms with Gasteiger partial charge in [0, 0.05) is 32.2 Å². The Labute approximate surface area is 200 Å². The van der Waals surface area contributed by atoms with E-state index in [1.54, 1.807) is 11.3 Å². The minimum Gasteiger partial charge on any atom is -0.379 e. The molecule has 1 saturated heterocycles. The van der Waals surface area contributed by atoms with Crippen molar-refractivity contribution in [1.29, 1.82) is 0 Å². The molecule has 180 valence electrons. The lowest BCUT2D eigenvalue weighted by Gasteiger charge is -2.45. The van der Waals surface area contributed by atoms with Crippen LogP contribution in [0.5, 0.6) is 0 Å². The molecule has 3 aliphatic rings. The Morgan fingerprint density at radius 2 is 1.88 bits per heavy atom. The van der Waals surface area contributed by atoms with E-state index < -0.39 is 5.54 Å². The van der Waals surface area contributed by atoms with Gasteiger partial charge in [-0.05, 0) is 37.3 Å². The van der Waals surface area contributed by atoms with Gasteiger partial charge in [0.05, 0.1) is 30.0 Å². The first-order chi connectivity index (χ1) is 16.1. The Kier molecular flexibility index (Phi) is 6.77. The number of nitrogens with one attached hydrogen (secondary N) is 1. The van der Waals surface area contributed by atoms with Crippen LogP contribution in [0.15, 0.2) is 17.5 Å². The van der Waals surface area contributed by atoms with Crippen LogP contribution in [0, 0.1) is 0 Å². The molecule has 1 unspecified atom stereocenters. The van der Waals surface area contributed by atoms with Gasteiger partial charge in [-0.2, -0.15) is 0 Å². The maximum Gasteiger partial charge on any atom is 0.271 e. The molecule has 0 radical (unpaired) electrons. The standard InChI is InChI=1S/C25H36N4O3S/c1-25(24(31)26-19-7-5-3-2-4-6-8-19)18-28-20-9-16-33-22(20)17-21(28)23(30)29(25)11-10-27-12-14-32-15-13-27/h9,16-17,19H,2-8,10-15,18H2,1H3,(H,26,31). The molecule has 2 aromatic heterocycles. The minimum atomic E-state index is -0.910. The van der Waals surface area contributed by atoms with Crippen LogP contribution in [0.1, 0.15) is 62.4 Å². The summed E-state index contributed by atoms with van der Waals surface area (Å²) in [6, 6.07) is 4.27. The number of ether oxygens (including phenoxy) is 1. The highest BCUT2D eigenvalue weighted by atomic mass is 32.1. The first kappa shape index (κ1) is 22.9. The number of carbonyl (C=O) groups is 2. The van der Waals surface area contributed by atoms with E-state index >= 15 is 0 Å². The summed E-state index contributed by atoms with van der Waals surface area (Å²) in [5, 5.41) is 5.43. The van der Waals surface area contributed by atoms with Crippen LogP contribution in [-0.2, 0) is 16.1 Å². The van der Waals surface area contributed by atoms with E-state index in [4.69, 9.17) is 4.74 Å². The molecule has 0 aromatic carbocycles. The summed E-state index contributed by atoms with van der Waals surface area (Å²) in [6.07, 6.45) is 8.19. The van der Waals surface area contributed by atoms with Crippen LogP contribution in [0.2, 0.25) is 0 Å². The van der Waals surface area contributed by atoms with Crippen molar-refractivity contribution in [3.05, 3.63) is 23.2 Å². The van der Waals surface area contributed by atoms with Gasteiger partial charge in [-0.25, -0.2) is 0 Å². The maximum atomic E-state index is 13.9. The third-order valence-corrected chi connectivity index (χ3v) is 8.57. The third kappa shape index (κ3) is 4.57. The second-order valence-electron chi connectivity index (χ2n) is 9.99. The second-order valence-corrected chi connectivity index (χ2v) is 10.9. The zero-order valence-corrected chi connectivity index (χ0v) is 20.5. The molecule has 2 amide bonds. The van der Waals surface area contributed by atoms with Crippen LogP contribution >= 0.6 is 11.3 Å². The summed E-state index contributed by atoms with van der Waals surface area (Å²) in [4.78, 5) is 31.8. The number of carbonyl (C=O) groups excluding carboxylic acids is 2. The monoisotopic (exact) mass is 472 g/mol. The largest absolute Gasteiger partial charge is 0.379 e. The van der Waals surface area contributed by atoms with Gasteiger partial charge in [0.25, 0.3) is 5.91 Å². The minimum absolute atomic E-state index is 0.00821. The molecule has 1 atom stereocenters. The summed E-state index contributed by atoms with van der Waals surface area (Å²) < 4.78 is 8.65. The lowest BCUT2D eigenvalue weighted by atomic mass is 9.92. The predicted molar refractivity (Wildman–Crippen MR) is 131 cm³/mol. The highest BCUT2D eigenvalue weighted by Crippen LogP contribution is 2.34. The van der Waals surface area contributed by atoms with Gasteiger partial charge in [0.2, 0.25) is 5.91 Å². The number of morpholine rings is 1. The third-order valence-electron chi connectivity index (χ3n) is 7.72. The van der Waals surface area contributed by atoms with Crippen molar-refractivity contribution in [2.24, 2.45) is 0 Å². The Morgan fingerprint density at radius 3 is 2.64 bits per heavy atom. The number of aromatic nitrogens is 1. The van der Waals surface area contributed by atoms with Gasteiger partial charge in [-0.3, -0.25) is 14.5 Å². The molecule has 7 nitrogen and oxygen atoms in total. The van der Waals surface area contributed by atoms with Crippen molar-refractivity contribution < 1.29 is 14.3 Å². The number of rotatable bonds is 5. The molecule has 0 bridgehead atoms. The van der Waals surface area contributed by atoms with Gasteiger partial charge < -0.3 is 19.5 Å². The summed E-state index contributed by atoms with van der Waals surface area (Å²) in [6.45, 7) is 6.97. The molecule has 8 heteroatoms. The fourth-order valence-corrected chi connectivity index (χ4v) is 6.45. The summed E-state index contributed by atoms with van der Waals surface area (Å²) in [7, 11) is 0. The van der Waals surface area contributed by atoms with E-state index in [9.17, 15) is 9.59 Å². The van der Waals surface area contributed by atoms with E-state index in [0.29, 0.717) is 18.8 Å². The maximum absolute atomic E-state index is 13.9. The molecule has 33 heavy (non-hydrogen) atoms. The lowest BCUT2D eigenvalue weighted by Crippen LogP contribution is -2.65. The highest BCUT2D eigenvalue weighted by molar-refractivity contribution is 7.17. The number of amides is 2. The number of thiophene rings is 1. The van der Waals surface area contributed by atoms with E-state index in [0.717, 1.165) is 55.9 Å². The SMILES string of the molecule is CC1(C(=O)NC2CCCCCCC2)Cn2c(cc3sccc32)C(=O)N1CCN1CCOCC1. The fourth-order valence-electron chi connectivity index (χ4n) is 5.63. The smallest absolute Gasteiger partial charge is 0.271 e.